The minimum absolute atomic E-state index is 0.145. The number of benzene rings is 2. The van der Waals surface area contributed by atoms with Crippen molar-refractivity contribution in [1.82, 2.24) is 19.9 Å². The largest absolute Gasteiger partial charge is 0.461 e. The average molecular weight is 489 g/mol. The molecule has 0 bridgehead atoms. The molecule has 9 nitrogen and oxygen atoms in total. The number of aromatic nitrogens is 2. The SMILES string of the molecule is Cc1ccc(NC(=O)NCCN2N=C(c3ccc4c(c3)nc(-c3ccco3)n4C)CSC2=O)cc1. The van der Waals surface area contributed by atoms with E-state index in [-0.39, 0.29) is 24.4 Å². The minimum Gasteiger partial charge on any atom is -0.461 e. The number of hydrazone groups is 1. The van der Waals surface area contributed by atoms with Gasteiger partial charge in [0.1, 0.15) is 0 Å². The van der Waals surface area contributed by atoms with Gasteiger partial charge in [-0.25, -0.2) is 14.8 Å². The third-order valence-corrected chi connectivity index (χ3v) is 6.53. The molecule has 0 aliphatic carbocycles. The molecule has 1 aliphatic heterocycles. The summed E-state index contributed by atoms with van der Waals surface area (Å²) in [6, 6.07) is 16.9. The number of aryl methyl sites for hydroxylation is 2. The van der Waals surface area contributed by atoms with Crippen LogP contribution in [0.4, 0.5) is 15.3 Å². The van der Waals surface area contributed by atoms with Gasteiger partial charge in [0.25, 0.3) is 0 Å². The highest BCUT2D eigenvalue weighted by Crippen LogP contribution is 2.26. The van der Waals surface area contributed by atoms with Gasteiger partial charge in [-0.05, 0) is 43.3 Å². The predicted octanol–water partition coefficient (Wildman–Crippen LogP) is 4.84. The first-order valence-corrected chi connectivity index (χ1v) is 12.1. The molecule has 10 heteroatoms. The van der Waals surface area contributed by atoms with Crippen molar-refractivity contribution in [2.24, 2.45) is 12.1 Å². The standard InChI is InChI=1S/C25H24N6O3S/c1-16-5-8-18(9-6-16)27-24(32)26-11-12-31-25(33)35-15-20(29-31)17-7-10-21-19(14-17)28-23(30(21)2)22-4-3-13-34-22/h3-10,13-14H,11-12,15H2,1-2H3,(H2,26,27,32). The Morgan fingerprint density at radius 3 is 2.77 bits per heavy atom. The lowest BCUT2D eigenvalue weighted by Gasteiger charge is -2.23. The van der Waals surface area contributed by atoms with Crippen LogP contribution in [0, 0.1) is 6.92 Å². The van der Waals surface area contributed by atoms with E-state index in [2.05, 4.69) is 15.7 Å². The number of hydrogen-bond acceptors (Lipinski definition) is 6. The molecule has 0 atom stereocenters. The van der Waals surface area contributed by atoms with Crippen LogP contribution in [0.5, 0.6) is 0 Å². The molecule has 5 rings (SSSR count). The van der Waals surface area contributed by atoms with Gasteiger partial charge in [-0.2, -0.15) is 5.10 Å². The maximum atomic E-state index is 12.4. The number of fused-ring (bicyclic) bond motifs is 1. The molecule has 4 aromatic rings. The van der Waals surface area contributed by atoms with Crippen molar-refractivity contribution >= 4 is 45.5 Å². The van der Waals surface area contributed by atoms with Crippen LogP contribution >= 0.6 is 11.8 Å². The molecule has 0 saturated carbocycles. The zero-order chi connectivity index (χ0) is 24.4. The summed E-state index contributed by atoms with van der Waals surface area (Å²) in [5.41, 5.74) is 5.30. The van der Waals surface area contributed by atoms with E-state index in [1.807, 2.05) is 73.1 Å². The number of urea groups is 1. The number of imidazole rings is 1. The number of carbonyl (C=O) groups excluding carboxylic acids is 2. The number of anilines is 1. The van der Waals surface area contributed by atoms with Gasteiger partial charge in [0.2, 0.25) is 0 Å². The minimum atomic E-state index is -0.330. The highest BCUT2D eigenvalue weighted by Gasteiger charge is 2.23. The lowest BCUT2D eigenvalue weighted by Crippen LogP contribution is -2.38. The number of nitrogens with zero attached hydrogens (tertiary/aromatic N) is 4. The number of amides is 3. The summed E-state index contributed by atoms with van der Waals surface area (Å²) in [5, 5.41) is 11.4. The maximum Gasteiger partial charge on any atom is 0.319 e. The van der Waals surface area contributed by atoms with E-state index in [1.165, 1.54) is 16.8 Å². The summed E-state index contributed by atoms with van der Waals surface area (Å²) in [4.78, 5) is 29.3. The Labute approximate surface area is 206 Å². The fraction of sp³-hybridized carbons (Fsp3) is 0.200. The van der Waals surface area contributed by atoms with Gasteiger partial charge in [0, 0.05) is 30.6 Å². The third kappa shape index (κ3) is 4.92. The Kier molecular flexibility index (Phi) is 6.28. The highest BCUT2D eigenvalue weighted by atomic mass is 32.2. The maximum absolute atomic E-state index is 12.4. The van der Waals surface area contributed by atoms with Gasteiger partial charge in [-0.1, -0.05) is 35.5 Å². The van der Waals surface area contributed by atoms with Crippen LogP contribution in [-0.4, -0.2) is 50.4 Å². The molecule has 2 aromatic carbocycles. The molecule has 3 heterocycles. The van der Waals surface area contributed by atoms with Crippen LogP contribution in [0.15, 0.2) is 70.4 Å². The second-order valence-corrected chi connectivity index (χ2v) is 9.07. The van der Waals surface area contributed by atoms with Crippen molar-refractivity contribution in [3.63, 3.8) is 0 Å². The molecule has 0 saturated heterocycles. The molecule has 0 radical (unpaired) electrons. The average Bonchev–Trinajstić information content (AvgIpc) is 3.50. The number of nitrogens with one attached hydrogen (secondary N) is 2. The molecule has 3 amide bonds. The molecule has 0 spiro atoms. The molecular formula is C25H24N6O3S. The van der Waals surface area contributed by atoms with Crippen molar-refractivity contribution in [1.29, 1.82) is 0 Å². The lowest BCUT2D eigenvalue weighted by atomic mass is 10.1. The summed E-state index contributed by atoms with van der Waals surface area (Å²) in [7, 11) is 1.95. The van der Waals surface area contributed by atoms with Gasteiger partial charge in [-0.15, -0.1) is 0 Å². The summed E-state index contributed by atoms with van der Waals surface area (Å²) in [6.07, 6.45) is 1.63. The van der Waals surface area contributed by atoms with Crippen molar-refractivity contribution in [3.8, 4) is 11.6 Å². The highest BCUT2D eigenvalue weighted by molar-refractivity contribution is 8.14. The fourth-order valence-electron chi connectivity index (χ4n) is 3.80. The Morgan fingerprint density at radius 2 is 2.00 bits per heavy atom. The van der Waals surface area contributed by atoms with E-state index in [1.54, 1.807) is 6.26 Å². The fourth-order valence-corrected chi connectivity index (χ4v) is 4.56. The van der Waals surface area contributed by atoms with E-state index in [0.29, 0.717) is 17.2 Å². The first kappa shape index (κ1) is 22.7. The Balaban J connectivity index is 1.26. The number of furan rings is 1. The first-order chi connectivity index (χ1) is 17.0. The zero-order valence-corrected chi connectivity index (χ0v) is 20.1. The van der Waals surface area contributed by atoms with Crippen LogP contribution < -0.4 is 10.6 Å². The molecule has 2 aromatic heterocycles. The first-order valence-electron chi connectivity index (χ1n) is 11.1. The number of thioether (sulfide) groups is 1. The van der Waals surface area contributed by atoms with Gasteiger partial charge >= 0.3 is 11.3 Å². The summed E-state index contributed by atoms with van der Waals surface area (Å²) >= 11 is 1.19. The van der Waals surface area contributed by atoms with E-state index in [0.717, 1.165) is 33.7 Å². The molecule has 178 valence electrons. The molecular weight excluding hydrogens is 464 g/mol. The van der Waals surface area contributed by atoms with E-state index in [4.69, 9.17) is 9.40 Å². The summed E-state index contributed by atoms with van der Waals surface area (Å²) < 4.78 is 7.49. The van der Waals surface area contributed by atoms with E-state index >= 15 is 0 Å². The Morgan fingerprint density at radius 1 is 1.17 bits per heavy atom. The van der Waals surface area contributed by atoms with Crippen molar-refractivity contribution in [3.05, 3.63) is 72.0 Å². The summed E-state index contributed by atoms with van der Waals surface area (Å²) in [5.74, 6) is 1.92. The number of carbonyl (C=O) groups is 2. The smallest absolute Gasteiger partial charge is 0.319 e. The Bertz CT molecular complexity index is 1410. The predicted molar refractivity (Wildman–Crippen MR) is 138 cm³/mol. The van der Waals surface area contributed by atoms with Crippen molar-refractivity contribution < 1.29 is 14.0 Å². The van der Waals surface area contributed by atoms with Crippen molar-refractivity contribution in [2.75, 3.05) is 24.2 Å². The monoisotopic (exact) mass is 488 g/mol. The van der Waals surface area contributed by atoms with Crippen LogP contribution in [0.1, 0.15) is 11.1 Å². The molecule has 2 N–H and O–H groups in total. The van der Waals surface area contributed by atoms with E-state index < -0.39 is 0 Å². The van der Waals surface area contributed by atoms with Gasteiger partial charge < -0.3 is 19.6 Å². The van der Waals surface area contributed by atoms with Crippen LogP contribution in [-0.2, 0) is 7.05 Å². The zero-order valence-electron chi connectivity index (χ0n) is 19.3. The summed E-state index contributed by atoms with van der Waals surface area (Å²) in [6.45, 7) is 2.52. The van der Waals surface area contributed by atoms with Gasteiger partial charge in [-0.3, -0.25) is 4.79 Å². The van der Waals surface area contributed by atoms with E-state index in [9.17, 15) is 9.59 Å². The third-order valence-electron chi connectivity index (χ3n) is 5.66. The number of hydrogen-bond donors (Lipinski definition) is 2. The lowest BCUT2D eigenvalue weighted by molar-refractivity contribution is 0.223. The van der Waals surface area contributed by atoms with Crippen molar-refractivity contribution in [2.45, 2.75) is 6.92 Å². The quantitative estimate of drug-likeness (QED) is 0.404. The second-order valence-electron chi connectivity index (χ2n) is 8.15. The molecule has 1 aliphatic rings. The second kappa shape index (κ2) is 9.67. The Hall–Kier alpha value is -4.05. The molecule has 0 unspecified atom stereocenters. The van der Waals surface area contributed by atoms with Gasteiger partial charge in [0.15, 0.2) is 11.6 Å². The van der Waals surface area contributed by atoms with Crippen LogP contribution in [0.25, 0.3) is 22.6 Å². The van der Waals surface area contributed by atoms with Crippen LogP contribution in [0.3, 0.4) is 0 Å². The van der Waals surface area contributed by atoms with Gasteiger partial charge in [0.05, 0.1) is 29.6 Å². The number of rotatable bonds is 6. The molecule has 0 fully saturated rings. The van der Waals surface area contributed by atoms with Crippen LogP contribution in [0.2, 0.25) is 0 Å². The topological polar surface area (TPSA) is 105 Å². The normalized spacial score (nSPS) is 13.7. The molecule has 35 heavy (non-hydrogen) atoms.